The summed E-state index contributed by atoms with van der Waals surface area (Å²) in [5.41, 5.74) is 1.10. The van der Waals surface area contributed by atoms with Gasteiger partial charge >= 0.3 is 60.9 Å². The third-order valence-corrected chi connectivity index (χ3v) is 5.25. The zero-order valence-corrected chi connectivity index (χ0v) is 11.0. The predicted octanol–water partition coefficient (Wildman–Crippen LogP) is -1.89. The Hall–Kier alpha value is -0.0613. The molecule has 0 amide bonds. The maximum atomic E-state index is 3.88. The van der Waals surface area contributed by atoms with Crippen molar-refractivity contribution in [2.75, 3.05) is 0 Å². The van der Waals surface area contributed by atoms with Gasteiger partial charge in [0.2, 0.25) is 0 Å². The second kappa shape index (κ2) is 2.05. The standard InChI is InChI=1S/C4H6N3.Sn.3H/c1-4-3-7(2)6-5-4;;;;/h1-2H3;;;;. The molecule has 1 rings (SSSR count). The van der Waals surface area contributed by atoms with Gasteiger partial charge in [-0.1, -0.05) is 0 Å². The first kappa shape index (κ1) is 6.06. The molecule has 0 radical (unpaired) electrons. The Labute approximate surface area is 61.2 Å². The molecular formula is C4H9N3Sn. The van der Waals surface area contributed by atoms with Crippen molar-refractivity contribution in [2.45, 2.75) is 6.92 Å². The molecule has 0 aliphatic carbocycles. The first-order chi connectivity index (χ1) is 3.72. The van der Waals surface area contributed by atoms with E-state index in [1.54, 1.807) is 0 Å². The van der Waals surface area contributed by atoms with Crippen LogP contribution in [-0.2, 0) is 7.05 Å². The molecule has 1 aromatic rings. The van der Waals surface area contributed by atoms with E-state index in [1.165, 1.54) is 3.71 Å². The average molecular weight is 218 g/mol. The van der Waals surface area contributed by atoms with Crippen LogP contribution in [0.25, 0.3) is 0 Å². The van der Waals surface area contributed by atoms with Crippen molar-refractivity contribution in [2.24, 2.45) is 7.05 Å². The van der Waals surface area contributed by atoms with E-state index in [1.807, 2.05) is 18.7 Å². The van der Waals surface area contributed by atoms with E-state index < -0.39 is 0 Å². The fourth-order valence-electron chi connectivity index (χ4n) is 0.508. The van der Waals surface area contributed by atoms with Crippen molar-refractivity contribution in [3.05, 3.63) is 5.69 Å². The van der Waals surface area contributed by atoms with Gasteiger partial charge in [-0.2, -0.15) is 0 Å². The van der Waals surface area contributed by atoms with E-state index in [-0.39, 0.29) is 0 Å². The predicted molar refractivity (Wildman–Crippen MR) is 35.3 cm³/mol. The Morgan fingerprint density at radius 1 is 1.62 bits per heavy atom. The van der Waals surface area contributed by atoms with E-state index in [4.69, 9.17) is 0 Å². The molecule has 0 aliphatic heterocycles. The quantitative estimate of drug-likeness (QED) is 0.477. The van der Waals surface area contributed by atoms with Crippen LogP contribution in [0.5, 0.6) is 0 Å². The molecule has 1 aromatic heterocycles. The van der Waals surface area contributed by atoms with Gasteiger partial charge in [0, 0.05) is 0 Å². The third-order valence-electron chi connectivity index (χ3n) is 1.34. The van der Waals surface area contributed by atoms with Crippen LogP contribution in [0.15, 0.2) is 0 Å². The van der Waals surface area contributed by atoms with Crippen molar-refractivity contribution >= 4 is 26.2 Å². The van der Waals surface area contributed by atoms with Crippen LogP contribution in [0.3, 0.4) is 0 Å². The number of hydrogen-bond donors (Lipinski definition) is 0. The normalized spacial score (nSPS) is 10.2. The van der Waals surface area contributed by atoms with Crippen molar-refractivity contribution in [3.8, 4) is 0 Å². The van der Waals surface area contributed by atoms with Crippen molar-refractivity contribution in [1.82, 2.24) is 15.0 Å². The topological polar surface area (TPSA) is 30.7 Å². The van der Waals surface area contributed by atoms with Crippen molar-refractivity contribution in [1.29, 1.82) is 0 Å². The summed E-state index contributed by atoms with van der Waals surface area (Å²) in [6.07, 6.45) is 0. The summed E-state index contributed by atoms with van der Waals surface area (Å²) in [5, 5.41) is 7.72. The van der Waals surface area contributed by atoms with E-state index in [0.717, 1.165) is 5.69 Å². The molecule has 0 aromatic carbocycles. The summed E-state index contributed by atoms with van der Waals surface area (Å²) in [5.74, 6) is 0. The Kier molecular flexibility index (Phi) is 1.55. The molecule has 0 saturated carbocycles. The number of hydrogen-bond acceptors (Lipinski definition) is 2. The van der Waals surface area contributed by atoms with Crippen LogP contribution in [0, 0.1) is 6.92 Å². The van der Waals surface area contributed by atoms with Crippen molar-refractivity contribution in [3.63, 3.8) is 0 Å². The van der Waals surface area contributed by atoms with Gasteiger partial charge < -0.3 is 0 Å². The summed E-state index contributed by atoms with van der Waals surface area (Å²) in [6, 6.07) is 0. The van der Waals surface area contributed by atoms with Crippen molar-refractivity contribution < 1.29 is 0 Å². The van der Waals surface area contributed by atoms with Gasteiger partial charge in [-0.05, 0) is 0 Å². The Bertz CT molecular complexity index is 174. The van der Waals surface area contributed by atoms with Gasteiger partial charge in [-0.3, -0.25) is 0 Å². The van der Waals surface area contributed by atoms with Crippen LogP contribution >= 0.6 is 0 Å². The maximum absolute atomic E-state index is 3.88. The zero-order chi connectivity index (χ0) is 6.15. The number of aromatic nitrogens is 3. The first-order valence-corrected chi connectivity index (χ1v) is 5.40. The summed E-state index contributed by atoms with van der Waals surface area (Å²) >= 11 is 0.549. The second-order valence-corrected chi connectivity index (χ2v) is 4.59. The molecule has 0 N–H and O–H groups in total. The fourth-order valence-corrected chi connectivity index (χ4v) is 1.05. The van der Waals surface area contributed by atoms with Crippen LogP contribution in [0.1, 0.15) is 5.69 Å². The first-order valence-electron chi connectivity index (χ1n) is 2.54. The van der Waals surface area contributed by atoms with Gasteiger partial charge in [-0.25, -0.2) is 0 Å². The van der Waals surface area contributed by atoms with Gasteiger partial charge in [0.1, 0.15) is 0 Å². The van der Waals surface area contributed by atoms with Gasteiger partial charge in [0.25, 0.3) is 0 Å². The van der Waals surface area contributed by atoms with E-state index >= 15 is 0 Å². The monoisotopic (exact) mass is 219 g/mol. The van der Waals surface area contributed by atoms with Crippen LogP contribution in [0.2, 0.25) is 0 Å². The molecule has 4 heteroatoms. The van der Waals surface area contributed by atoms with E-state index in [0.29, 0.717) is 22.5 Å². The number of aryl methyl sites for hydroxylation is 2. The minimum atomic E-state index is 0.549. The Balaban J connectivity index is 3.19. The molecule has 0 aliphatic rings. The third kappa shape index (κ3) is 0.865. The summed E-state index contributed by atoms with van der Waals surface area (Å²) in [6.45, 7) is 2.00. The van der Waals surface area contributed by atoms with Gasteiger partial charge in [-0.15, -0.1) is 0 Å². The Morgan fingerprint density at radius 3 is 2.38 bits per heavy atom. The second-order valence-electron chi connectivity index (χ2n) is 1.88. The average Bonchev–Trinajstić information content (AvgIpc) is 1.98. The fraction of sp³-hybridized carbons (Fsp3) is 0.500. The molecule has 3 nitrogen and oxygen atoms in total. The zero-order valence-electron chi connectivity index (χ0n) is 5.34. The van der Waals surface area contributed by atoms with Gasteiger partial charge in [0.05, 0.1) is 0 Å². The number of nitrogens with zero attached hydrogens (tertiary/aromatic N) is 3. The molecule has 0 unspecified atom stereocenters. The molecule has 44 valence electrons. The van der Waals surface area contributed by atoms with E-state index in [2.05, 4.69) is 10.3 Å². The number of rotatable bonds is 0. The van der Waals surface area contributed by atoms with Gasteiger partial charge in [0.15, 0.2) is 0 Å². The molecule has 0 bridgehead atoms. The Morgan fingerprint density at radius 2 is 2.25 bits per heavy atom. The SMILES string of the molecule is Cc1nnn(C)[c]1[SnH3]. The summed E-state index contributed by atoms with van der Waals surface area (Å²) in [4.78, 5) is 0. The molecule has 8 heavy (non-hydrogen) atoms. The molecule has 1 heterocycles. The van der Waals surface area contributed by atoms with Crippen LogP contribution < -0.4 is 3.71 Å². The summed E-state index contributed by atoms with van der Waals surface area (Å²) < 4.78 is 3.19. The minimum absolute atomic E-state index is 0.549. The summed E-state index contributed by atoms with van der Waals surface area (Å²) in [7, 11) is 1.94. The molecule has 0 atom stereocenters. The molecular weight excluding hydrogens is 209 g/mol. The molecule has 0 saturated heterocycles. The molecule has 0 spiro atoms. The van der Waals surface area contributed by atoms with Crippen LogP contribution in [-0.4, -0.2) is 37.5 Å². The molecule has 0 fully saturated rings. The van der Waals surface area contributed by atoms with Crippen LogP contribution in [0.4, 0.5) is 0 Å². The van der Waals surface area contributed by atoms with E-state index in [9.17, 15) is 0 Å².